The minimum atomic E-state index is -0.507. The van der Waals surface area contributed by atoms with Crippen LogP contribution in [0.15, 0.2) is 12.2 Å². The topological polar surface area (TPSA) is 105 Å². The molecule has 1 aliphatic heterocycles. The third kappa shape index (κ3) is 9.56. The van der Waals surface area contributed by atoms with Gasteiger partial charge in [0.25, 0.3) is 0 Å². The van der Waals surface area contributed by atoms with Crippen LogP contribution in [0.5, 0.6) is 0 Å². The number of rotatable bonds is 5. The zero-order valence-corrected chi connectivity index (χ0v) is 16.7. The van der Waals surface area contributed by atoms with E-state index >= 15 is 0 Å². The SMILES string of the molecule is CC(C)[C@H]1COC(=O)CCCCC=CC[C@H](CC(=O)N[C@H](C)CO)C(=O)N1. The number of aliphatic hydroxyl groups is 1. The van der Waals surface area contributed by atoms with Crippen LogP contribution in [0, 0.1) is 11.8 Å². The summed E-state index contributed by atoms with van der Waals surface area (Å²) in [5.41, 5.74) is 0. The number of hydrogen-bond acceptors (Lipinski definition) is 5. The average molecular weight is 383 g/mol. The molecule has 0 saturated carbocycles. The number of carbonyl (C=O) groups excluding carboxylic acids is 3. The zero-order chi connectivity index (χ0) is 20.2. The van der Waals surface area contributed by atoms with Gasteiger partial charge < -0.3 is 20.5 Å². The number of carbonyl (C=O) groups is 3. The fraction of sp³-hybridized carbons (Fsp3) is 0.750. The third-order valence-corrected chi connectivity index (χ3v) is 4.63. The van der Waals surface area contributed by atoms with Gasteiger partial charge in [0.2, 0.25) is 11.8 Å². The van der Waals surface area contributed by atoms with Crippen molar-refractivity contribution < 1.29 is 24.2 Å². The van der Waals surface area contributed by atoms with Crippen molar-refractivity contribution in [3.05, 3.63) is 12.2 Å². The van der Waals surface area contributed by atoms with Gasteiger partial charge >= 0.3 is 5.97 Å². The summed E-state index contributed by atoms with van der Waals surface area (Å²) in [6, 6.07) is -0.646. The Hall–Kier alpha value is -1.89. The van der Waals surface area contributed by atoms with Gasteiger partial charge in [-0.3, -0.25) is 14.4 Å². The van der Waals surface area contributed by atoms with Gasteiger partial charge in [0.05, 0.1) is 18.6 Å². The first-order valence-electron chi connectivity index (χ1n) is 9.84. The van der Waals surface area contributed by atoms with Gasteiger partial charge in [-0.25, -0.2) is 0 Å². The molecule has 7 heteroatoms. The van der Waals surface area contributed by atoms with Crippen LogP contribution in [-0.2, 0) is 19.1 Å². The Morgan fingerprint density at radius 3 is 2.70 bits per heavy atom. The van der Waals surface area contributed by atoms with Gasteiger partial charge in [0.15, 0.2) is 0 Å². The highest BCUT2D eigenvalue weighted by Crippen LogP contribution is 2.14. The Balaban J connectivity index is 2.84. The average Bonchev–Trinajstić information content (AvgIpc) is 2.61. The zero-order valence-electron chi connectivity index (χ0n) is 16.7. The quantitative estimate of drug-likeness (QED) is 0.496. The lowest BCUT2D eigenvalue weighted by atomic mass is 9.97. The molecular formula is C20H34N2O5. The van der Waals surface area contributed by atoms with E-state index in [9.17, 15) is 14.4 Å². The highest BCUT2D eigenvalue weighted by atomic mass is 16.5. The molecular weight excluding hydrogens is 348 g/mol. The lowest BCUT2D eigenvalue weighted by Crippen LogP contribution is -2.46. The van der Waals surface area contributed by atoms with Gasteiger partial charge in [0.1, 0.15) is 6.61 Å². The van der Waals surface area contributed by atoms with Crippen LogP contribution < -0.4 is 10.6 Å². The van der Waals surface area contributed by atoms with Crippen LogP contribution in [0.2, 0.25) is 0 Å². The van der Waals surface area contributed by atoms with E-state index in [4.69, 9.17) is 9.84 Å². The number of esters is 1. The van der Waals surface area contributed by atoms with E-state index in [1.165, 1.54) is 0 Å². The van der Waals surface area contributed by atoms with Crippen molar-refractivity contribution in [2.24, 2.45) is 11.8 Å². The van der Waals surface area contributed by atoms with E-state index in [2.05, 4.69) is 10.6 Å². The van der Waals surface area contributed by atoms with Crippen LogP contribution >= 0.6 is 0 Å². The second-order valence-corrected chi connectivity index (χ2v) is 7.55. The van der Waals surface area contributed by atoms with Crippen LogP contribution in [0.3, 0.4) is 0 Å². The molecule has 0 fully saturated rings. The molecule has 1 aliphatic rings. The fourth-order valence-electron chi connectivity index (χ4n) is 2.75. The molecule has 0 aromatic carbocycles. The van der Waals surface area contributed by atoms with E-state index in [1.807, 2.05) is 26.0 Å². The molecule has 0 aromatic rings. The van der Waals surface area contributed by atoms with Gasteiger partial charge in [-0.15, -0.1) is 0 Å². The van der Waals surface area contributed by atoms with Gasteiger partial charge in [-0.05, 0) is 38.5 Å². The number of amides is 2. The van der Waals surface area contributed by atoms with Crippen molar-refractivity contribution in [1.29, 1.82) is 0 Å². The number of cyclic esters (lactones) is 1. The minimum Gasteiger partial charge on any atom is -0.463 e. The molecule has 1 heterocycles. The predicted molar refractivity (Wildman–Crippen MR) is 103 cm³/mol. The molecule has 7 nitrogen and oxygen atoms in total. The van der Waals surface area contributed by atoms with Gasteiger partial charge in [-0.2, -0.15) is 0 Å². The molecule has 0 spiro atoms. The molecule has 2 amide bonds. The second-order valence-electron chi connectivity index (χ2n) is 7.55. The summed E-state index contributed by atoms with van der Waals surface area (Å²) in [6.07, 6.45) is 7.30. The van der Waals surface area contributed by atoms with Crippen LogP contribution in [0.25, 0.3) is 0 Å². The number of allylic oxidation sites excluding steroid dienone is 2. The van der Waals surface area contributed by atoms with Crippen LogP contribution in [-0.4, -0.2) is 48.2 Å². The number of hydrogen-bond donors (Lipinski definition) is 3. The lowest BCUT2D eigenvalue weighted by molar-refractivity contribution is -0.145. The van der Waals surface area contributed by atoms with E-state index in [0.29, 0.717) is 12.8 Å². The first kappa shape index (κ1) is 23.1. The highest BCUT2D eigenvalue weighted by molar-refractivity contribution is 5.86. The molecule has 1 rings (SSSR count). The molecule has 3 atom stereocenters. The Kier molecular flexibility index (Phi) is 10.7. The number of aliphatic hydroxyl groups excluding tert-OH is 1. The molecule has 27 heavy (non-hydrogen) atoms. The summed E-state index contributed by atoms with van der Waals surface area (Å²) >= 11 is 0. The molecule has 3 N–H and O–H groups in total. The Labute approximate surface area is 161 Å². The lowest BCUT2D eigenvalue weighted by Gasteiger charge is -2.25. The van der Waals surface area contributed by atoms with Crippen molar-refractivity contribution in [3.8, 4) is 0 Å². The summed E-state index contributed by atoms with van der Waals surface area (Å²) in [7, 11) is 0. The predicted octanol–water partition coefficient (Wildman–Crippen LogP) is 1.69. The first-order valence-corrected chi connectivity index (χ1v) is 9.84. The van der Waals surface area contributed by atoms with E-state index < -0.39 is 5.92 Å². The Bertz CT molecular complexity index is 519. The summed E-state index contributed by atoms with van der Waals surface area (Å²) in [5, 5.41) is 14.7. The van der Waals surface area contributed by atoms with Crippen LogP contribution in [0.4, 0.5) is 0 Å². The maximum Gasteiger partial charge on any atom is 0.305 e. The highest BCUT2D eigenvalue weighted by Gasteiger charge is 2.26. The Morgan fingerprint density at radius 2 is 2.04 bits per heavy atom. The summed E-state index contributed by atoms with van der Waals surface area (Å²) < 4.78 is 5.31. The molecule has 0 aliphatic carbocycles. The van der Waals surface area contributed by atoms with Crippen molar-refractivity contribution in [2.75, 3.05) is 13.2 Å². The van der Waals surface area contributed by atoms with Crippen molar-refractivity contribution in [1.82, 2.24) is 10.6 Å². The maximum atomic E-state index is 12.8. The van der Waals surface area contributed by atoms with Crippen molar-refractivity contribution >= 4 is 17.8 Å². The molecule has 0 saturated heterocycles. The molecule has 0 bridgehead atoms. The smallest absolute Gasteiger partial charge is 0.305 e. The molecule has 0 unspecified atom stereocenters. The monoisotopic (exact) mass is 382 g/mol. The van der Waals surface area contributed by atoms with E-state index in [1.54, 1.807) is 6.92 Å². The van der Waals surface area contributed by atoms with Crippen LogP contribution in [0.1, 0.15) is 59.3 Å². The largest absolute Gasteiger partial charge is 0.463 e. The van der Waals surface area contributed by atoms with Crippen molar-refractivity contribution in [2.45, 2.75) is 71.4 Å². The standard InChI is InChI=1S/C20H34N2O5/c1-14(2)17-13-27-19(25)10-8-6-4-5-7-9-16(20(26)22-17)11-18(24)21-15(3)12-23/h5,7,14-17,23H,4,6,8-13H2,1-3H3,(H,21,24)(H,22,26)/t15-,16-,17-/m1/s1. The van der Waals surface area contributed by atoms with Crippen molar-refractivity contribution in [3.63, 3.8) is 0 Å². The normalized spacial score (nSPS) is 23.9. The molecule has 0 radical (unpaired) electrons. The fourth-order valence-corrected chi connectivity index (χ4v) is 2.75. The maximum absolute atomic E-state index is 12.8. The van der Waals surface area contributed by atoms with E-state index in [0.717, 1.165) is 19.3 Å². The summed E-state index contributed by atoms with van der Waals surface area (Å²) in [4.78, 5) is 36.7. The van der Waals surface area contributed by atoms with Gasteiger partial charge in [-0.1, -0.05) is 26.0 Å². The van der Waals surface area contributed by atoms with E-state index in [-0.39, 0.29) is 55.4 Å². The number of nitrogens with one attached hydrogen (secondary N) is 2. The number of ether oxygens (including phenoxy) is 1. The Morgan fingerprint density at radius 1 is 1.30 bits per heavy atom. The third-order valence-electron chi connectivity index (χ3n) is 4.63. The molecule has 0 aromatic heterocycles. The van der Waals surface area contributed by atoms with Gasteiger partial charge in [0, 0.05) is 18.9 Å². The first-order chi connectivity index (χ1) is 12.8. The molecule has 154 valence electrons. The second kappa shape index (κ2) is 12.5. The minimum absolute atomic E-state index is 0.0467. The summed E-state index contributed by atoms with van der Waals surface area (Å²) in [6.45, 7) is 5.59. The summed E-state index contributed by atoms with van der Waals surface area (Å²) in [5.74, 6) is -1.15.